The van der Waals surface area contributed by atoms with Crippen molar-refractivity contribution in [1.29, 1.82) is 0 Å². The van der Waals surface area contributed by atoms with E-state index in [2.05, 4.69) is 38.1 Å². The number of benzene rings is 1. The minimum atomic E-state index is -0.845. The Morgan fingerprint density at radius 3 is 1.60 bits per heavy atom. The van der Waals surface area contributed by atoms with Gasteiger partial charge in [0.15, 0.2) is 0 Å². The summed E-state index contributed by atoms with van der Waals surface area (Å²) in [6, 6.07) is 8.48. The van der Waals surface area contributed by atoms with E-state index in [1.54, 1.807) is 19.9 Å². The van der Waals surface area contributed by atoms with Crippen LogP contribution in [0, 0.1) is 13.8 Å². The van der Waals surface area contributed by atoms with Crippen molar-refractivity contribution in [3.8, 4) is 0 Å². The summed E-state index contributed by atoms with van der Waals surface area (Å²) in [7, 11) is 0. The van der Waals surface area contributed by atoms with Crippen molar-refractivity contribution in [2.24, 2.45) is 0 Å². The van der Waals surface area contributed by atoms with Crippen LogP contribution in [0.25, 0.3) is 0 Å². The number of aryl methyl sites for hydroxylation is 2. The normalized spacial score (nSPS) is 10.3. The molecule has 1 N–H and O–H groups in total. The standard InChI is InChI=1S/C8H10.C5H8O2/c1-7-3-5-8(2)6-4-7;1-3-4(2)5(6)7/h3-6H,1-2H3;3H,1-2H3,(H,6,7). The van der Waals surface area contributed by atoms with Crippen molar-refractivity contribution in [1.82, 2.24) is 0 Å². The Labute approximate surface area is 91.3 Å². The van der Waals surface area contributed by atoms with Crippen molar-refractivity contribution in [2.45, 2.75) is 27.7 Å². The van der Waals surface area contributed by atoms with E-state index in [1.165, 1.54) is 11.1 Å². The molecule has 0 heterocycles. The molecule has 0 amide bonds. The average molecular weight is 206 g/mol. The molecule has 15 heavy (non-hydrogen) atoms. The summed E-state index contributed by atoms with van der Waals surface area (Å²) in [5.41, 5.74) is 3.05. The smallest absolute Gasteiger partial charge is 0.330 e. The fourth-order valence-electron chi connectivity index (χ4n) is 0.760. The van der Waals surface area contributed by atoms with E-state index >= 15 is 0 Å². The Hall–Kier alpha value is -1.57. The quantitative estimate of drug-likeness (QED) is 0.715. The van der Waals surface area contributed by atoms with Gasteiger partial charge in [-0.25, -0.2) is 4.79 Å². The molecule has 0 spiro atoms. The zero-order valence-electron chi connectivity index (χ0n) is 9.74. The minimum Gasteiger partial charge on any atom is -0.478 e. The molecule has 1 aromatic rings. The highest BCUT2D eigenvalue weighted by Gasteiger charge is 1.93. The summed E-state index contributed by atoms with van der Waals surface area (Å²) in [6.45, 7) is 7.45. The van der Waals surface area contributed by atoms with Crippen LogP contribution in [0.15, 0.2) is 35.9 Å². The maximum Gasteiger partial charge on any atom is 0.330 e. The number of carboxylic acid groups (broad SMARTS) is 1. The molecule has 2 nitrogen and oxygen atoms in total. The van der Waals surface area contributed by atoms with Gasteiger partial charge in [-0.05, 0) is 27.7 Å². The SMILES string of the molecule is CC=C(C)C(=O)O.Cc1ccc(C)cc1. The molecule has 2 heteroatoms. The average Bonchev–Trinajstić information content (AvgIpc) is 2.22. The molecule has 0 aliphatic carbocycles. The molecule has 0 aliphatic heterocycles. The molecular weight excluding hydrogens is 188 g/mol. The molecule has 0 saturated carbocycles. The van der Waals surface area contributed by atoms with E-state index in [1.807, 2.05) is 0 Å². The van der Waals surface area contributed by atoms with Crippen LogP contribution in [-0.2, 0) is 4.79 Å². The van der Waals surface area contributed by atoms with Gasteiger partial charge in [-0.1, -0.05) is 41.5 Å². The molecule has 0 fully saturated rings. The fourth-order valence-corrected chi connectivity index (χ4v) is 0.760. The molecule has 82 valence electrons. The first kappa shape index (κ1) is 13.4. The van der Waals surface area contributed by atoms with Crippen LogP contribution in [-0.4, -0.2) is 11.1 Å². The van der Waals surface area contributed by atoms with E-state index in [4.69, 9.17) is 5.11 Å². The Morgan fingerprint density at radius 1 is 1.13 bits per heavy atom. The lowest BCUT2D eigenvalue weighted by Crippen LogP contribution is -1.93. The molecule has 0 aromatic heterocycles. The second kappa shape index (κ2) is 6.82. The lowest BCUT2D eigenvalue weighted by atomic mass is 10.2. The number of hydrogen-bond donors (Lipinski definition) is 1. The van der Waals surface area contributed by atoms with Crippen molar-refractivity contribution >= 4 is 5.97 Å². The molecule has 0 unspecified atom stereocenters. The molecule has 0 aliphatic rings. The van der Waals surface area contributed by atoms with Crippen LogP contribution in [0.5, 0.6) is 0 Å². The first-order valence-electron chi connectivity index (χ1n) is 4.87. The highest BCUT2D eigenvalue weighted by atomic mass is 16.4. The fraction of sp³-hybridized carbons (Fsp3) is 0.308. The molecule has 0 bridgehead atoms. The Morgan fingerprint density at radius 2 is 1.47 bits per heavy atom. The van der Waals surface area contributed by atoms with E-state index in [-0.39, 0.29) is 0 Å². The number of aliphatic carboxylic acids is 1. The van der Waals surface area contributed by atoms with E-state index in [9.17, 15) is 4.79 Å². The zero-order chi connectivity index (χ0) is 11.8. The van der Waals surface area contributed by atoms with Gasteiger partial charge in [0, 0.05) is 5.57 Å². The summed E-state index contributed by atoms with van der Waals surface area (Å²) in [5, 5.41) is 8.11. The third kappa shape index (κ3) is 6.49. The Kier molecular flexibility index (Phi) is 6.11. The predicted molar refractivity (Wildman–Crippen MR) is 63.0 cm³/mol. The lowest BCUT2D eigenvalue weighted by Gasteiger charge is -1.90. The monoisotopic (exact) mass is 206 g/mol. The minimum absolute atomic E-state index is 0.389. The number of hydrogen-bond acceptors (Lipinski definition) is 1. The summed E-state index contributed by atoms with van der Waals surface area (Å²) in [6.07, 6.45) is 1.56. The van der Waals surface area contributed by atoms with E-state index in [0.29, 0.717) is 5.57 Å². The van der Waals surface area contributed by atoms with Gasteiger partial charge in [0.05, 0.1) is 0 Å². The summed E-state index contributed by atoms with van der Waals surface area (Å²) < 4.78 is 0. The third-order valence-corrected chi connectivity index (χ3v) is 1.99. The Bertz CT molecular complexity index is 313. The van der Waals surface area contributed by atoms with Crippen LogP contribution < -0.4 is 0 Å². The summed E-state index contributed by atoms with van der Waals surface area (Å²) in [5.74, 6) is -0.845. The molecule has 0 radical (unpaired) electrons. The number of carbonyl (C=O) groups is 1. The van der Waals surface area contributed by atoms with Crippen LogP contribution in [0.3, 0.4) is 0 Å². The van der Waals surface area contributed by atoms with Gasteiger partial charge in [0.1, 0.15) is 0 Å². The number of allylic oxidation sites excluding steroid dienone is 1. The maximum absolute atomic E-state index is 9.86. The van der Waals surface area contributed by atoms with E-state index < -0.39 is 5.97 Å². The molecule has 0 atom stereocenters. The van der Waals surface area contributed by atoms with Gasteiger partial charge < -0.3 is 5.11 Å². The highest BCUT2D eigenvalue weighted by molar-refractivity contribution is 5.85. The first-order valence-corrected chi connectivity index (χ1v) is 4.87. The van der Waals surface area contributed by atoms with Gasteiger partial charge in [0.2, 0.25) is 0 Å². The van der Waals surface area contributed by atoms with Gasteiger partial charge >= 0.3 is 5.97 Å². The molecule has 0 saturated heterocycles. The number of rotatable bonds is 1. The largest absolute Gasteiger partial charge is 0.478 e. The van der Waals surface area contributed by atoms with Crippen molar-refractivity contribution in [2.75, 3.05) is 0 Å². The van der Waals surface area contributed by atoms with Crippen LogP contribution in [0.2, 0.25) is 0 Å². The lowest BCUT2D eigenvalue weighted by molar-refractivity contribution is -0.132. The van der Waals surface area contributed by atoms with Crippen LogP contribution >= 0.6 is 0 Å². The first-order chi connectivity index (χ1) is 6.97. The van der Waals surface area contributed by atoms with Crippen molar-refractivity contribution < 1.29 is 9.90 Å². The summed E-state index contributed by atoms with van der Waals surface area (Å²) >= 11 is 0. The predicted octanol–water partition coefficient (Wildman–Crippen LogP) is 3.34. The maximum atomic E-state index is 9.86. The topological polar surface area (TPSA) is 37.3 Å². The van der Waals surface area contributed by atoms with Gasteiger partial charge in [-0.15, -0.1) is 0 Å². The Balaban J connectivity index is 0.000000265. The van der Waals surface area contributed by atoms with Gasteiger partial charge in [0.25, 0.3) is 0 Å². The van der Waals surface area contributed by atoms with Gasteiger partial charge in [-0.2, -0.15) is 0 Å². The molecule has 1 aromatic carbocycles. The third-order valence-electron chi connectivity index (χ3n) is 1.99. The second-order valence-electron chi connectivity index (χ2n) is 3.43. The van der Waals surface area contributed by atoms with Crippen LogP contribution in [0.4, 0.5) is 0 Å². The second-order valence-corrected chi connectivity index (χ2v) is 3.43. The van der Waals surface area contributed by atoms with Crippen molar-refractivity contribution in [3.63, 3.8) is 0 Å². The summed E-state index contributed by atoms with van der Waals surface area (Å²) in [4.78, 5) is 9.86. The molecular formula is C13H18O2. The zero-order valence-corrected chi connectivity index (χ0v) is 9.74. The van der Waals surface area contributed by atoms with Gasteiger partial charge in [-0.3, -0.25) is 0 Å². The number of carboxylic acids is 1. The molecule has 1 rings (SSSR count). The highest BCUT2D eigenvalue weighted by Crippen LogP contribution is 1.99. The van der Waals surface area contributed by atoms with Crippen LogP contribution in [0.1, 0.15) is 25.0 Å². The van der Waals surface area contributed by atoms with E-state index in [0.717, 1.165) is 0 Å². The van der Waals surface area contributed by atoms with Crippen molar-refractivity contribution in [3.05, 3.63) is 47.0 Å².